The topological polar surface area (TPSA) is 17.1 Å². The zero-order valence-electron chi connectivity index (χ0n) is 10.4. The van der Waals surface area contributed by atoms with Gasteiger partial charge in [0, 0.05) is 6.42 Å². The van der Waals surface area contributed by atoms with Gasteiger partial charge in [0.25, 0.3) is 0 Å². The first-order chi connectivity index (χ1) is 7.34. The average Bonchev–Trinajstić information content (AvgIpc) is 2.17. The number of rotatable bonds is 4. The summed E-state index contributed by atoms with van der Waals surface area (Å²) in [6.07, 6.45) is 0.309. The number of benzene rings is 1. The molecule has 1 aromatic rings. The van der Waals surface area contributed by atoms with Crippen LogP contribution in [-0.4, -0.2) is 5.24 Å². The maximum absolute atomic E-state index is 10.8. The lowest BCUT2D eigenvalue weighted by Gasteiger charge is -2.30. The summed E-state index contributed by atoms with van der Waals surface area (Å²) in [5.41, 5.74) is 2.43. The number of hydrogen-bond acceptors (Lipinski definition) is 1. The van der Waals surface area contributed by atoms with Crippen LogP contribution in [0, 0.1) is 5.92 Å². The highest BCUT2D eigenvalue weighted by Crippen LogP contribution is 2.31. The van der Waals surface area contributed by atoms with Gasteiger partial charge >= 0.3 is 0 Å². The van der Waals surface area contributed by atoms with Gasteiger partial charge in [-0.2, -0.15) is 0 Å². The summed E-state index contributed by atoms with van der Waals surface area (Å²) in [6.45, 7) is 8.91. The molecule has 0 heterocycles. The first-order valence-electron chi connectivity index (χ1n) is 5.61. The molecule has 0 saturated heterocycles. The molecule has 88 valence electrons. The van der Waals surface area contributed by atoms with Gasteiger partial charge in [-0.25, -0.2) is 0 Å². The fourth-order valence-corrected chi connectivity index (χ4v) is 1.70. The van der Waals surface area contributed by atoms with E-state index in [4.69, 9.17) is 11.6 Å². The molecule has 0 amide bonds. The molecule has 0 bridgehead atoms. The Morgan fingerprint density at radius 1 is 1.25 bits per heavy atom. The van der Waals surface area contributed by atoms with E-state index in [0.717, 1.165) is 5.56 Å². The smallest absolute Gasteiger partial charge is 0.226 e. The molecule has 1 nitrogen and oxygen atoms in total. The van der Waals surface area contributed by atoms with Crippen LogP contribution in [0.3, 0.4) is 0 Å². The van der Waals surface area contributed by atoms with Crippen molar-refractivity contribution >= 4 is 16.8 Å². The molecule has 0 atom stereocenters. The van der Waals surface area contributed by atoms with Crippen molar-refractivity contribution in [2.75, 3.05) is 0 Å². The summed E-state index contributed by atoms with van der Waals surface area (Å²) in [5, 5.41) is -0.309. The highest BCUT2D eigenvalue weighted by Gasteiger charge is 2.24. The Bertz CT molecular complexity index is 363. The fourth-order valence-electron chi connectivity index (χ4n) is 1.55. The van der Waals surface area contributed by atoms with Gasteiger partial charge in [-0.05, 0) is 34.1 Å². The van der Waals surface area contributed by atoms with Crippen LogP contribution in [0.15, 0.2) is 24.3 Å². The molecule has 0 fully saturated rings. The van der Waals surface area contributed by atoms with E-state index in [1.54, 1.807) is 0 Å². The molecule has 0 aliphatic carbocycles. The summed E-state index contributed by atoms with van der Waals surface area (Å²) in [6, 6.07) is 8.16. The third-order valence-corrected chi connectivity index (χ3v) is 3.62. The second kappa shape index (κ2) is 5.01. The van der Waals surface area contributed by atoms with E-state index in [1.165, 1.54) is 5.56 Å². The van der Waals surface area contributed by atoms with Crippen LogP contribution in [-0.2, 0) is 16.6 Å². The predicted octanol–water partition coefficient (Wildman–Crippen LogP) is 3.93. The van der Waals surface area contributed by atoms with Crippen molar-refractivity contribution < 1.29 is 4.79 Å². The number of carbonyl (C=O) groups excluding carboxylic acids is 1. The minimum atomic E-state index is -0.309. The standard InChI is InChI=1S/C14H19ClO/c1-10(2)14(3,4)12-7-5-11(6-8-12)9-13(15)16/h5-8,10H,9H2,1-4H3. The van der Waals surface area contributed by atoms with E-state index in [-0.39, 0.29) is 10.7 Å². The predicted molar refractivity (Wildman–Crippen MR) is 68.9 cm³/mol. The third kappa shape index (κ3) is 3.08. The van der Waals surface area contributed by atoms with Crippen molar-refractivity contribution in [3.05, 3.63) is 35.4 Å². The van der Waals surface area contributed by atoms with Gasteiger partial charge in [-0.1, -0.05) is 52.0 Å². The lowest BCUT2D eigenvalue weighted by molar-refractivity contribution is -0.111. The minimum absolute atomic E-state index is 0.156. The van der Waals surface area contributed by atoms with Crippen molar-refractivity contribution in [1.29, 1.82) is 0 Å². The zero-order chi connectivity index (χ0) is 12.3. The maximum atomic E-state index is 10.8. The summed E-state index contributed by atoms with van der Waals surface area (Å²) in [4.78, 5) is 10.8. The van der Waals surface area contributed by atoms with Crippen LogP contribution < -0.4 is 0 Å². The van der Waals surface area contributed by atoms with E-state index < -0.39 is 0 Å². The molecule has 0 unspecified atom stereocenters. The normalized spacial score (nSPS) is 11.9. The number of halogens is 1. The largest absolute Gasteiger partial charge is 0.281 e. The molecule has 2 heteroatoms. The van der Waals surface area contributed by atoms with Crippen LogP contribution >= 0.6 is 11.6 Å². The summed E-state index contributed by atoms with van der Waals surface area (Å²) < 4.78 is 0. The zero-order valence-corrected chi connectivity index (χ0v) is 11.1. The molecule has 1 aromatic carbocycles. The maximum Gasteiger partial charge on any atom is 0.226 e. The SMILES string of the molecule is CC(C)C(C)(C)c1ccc(CC(=O)Cl)cc1. The van der Waals surface area contributed by atoms with E-state index in [2.05, 4.69) is 39.8 Å². The van der Waals surface area contributed by atoms with Gasteiger partial charge in [0.15, 0.2) is 0 Å². The Kier molecular flexibility index (Phi) is 4.15. The van der Waals surface area contributed by atoms with Crippen LogP contribution in [0.5, 0.6) is 0 Å². The molecule has 0 N–H and O–H groups in total. The van der Waals surface area contributed by atoms with Crippen LogP contribution in [0.4, 0.5) is 0 Å². The molecule has 0 aliphatic rings. The van der Waals surface area contributed by atoms with Crippen molar-refractivity contribution in [2.24, 2.45) is 5.92 Å². The van der Waals surface area contributed by atoms with Crippen LogP contribution in [0.1, 0.15) is 38.8 Å². The minimum Gasteiger partial charge on any atom is -0.281 e. The third-order valence-electron chi connectivity index (χ3n) is 3.48. The number of hydrogen-bond donors (Lipinski definition) is 0. The van der Waals surface area contributed by atoms with Crippen molar-refractivity contribution in [2.45, 2.75) is 39.5 Å². The molecule has 1 rings (SSSR count). The molecular formula is C14H19ClO. The fraction of sp³-hybridized carbons (Fsp3) is 0.500. The summed E-state index contributed by atoms with van der Waals surface area (Å²) in [5.74, 6) is 0.577. The molecular weight excluding hydrogens is 220 g/mol. The van der Waals surface area contributed by atoms with E-state index in [9.17, 15) is 4.79 Å². The highest BCUT2D eigenvalue weighted by molar-refractivity contribution is 6.63. The van der Waals surface area contributed by atoms with Gasteiger partial charge in [0.05, 0.1) is 0 Å². The van der Waals surface area contributed by atoms with Gasteiger partial charge in [0.1, 0.15) is 0 Å². The van der Waals surface area contributed by atoms with Crippen LogP contribution in [0.25, 0.3) is 0 Å². The molecule has 0 spiro atoms. The Balaban J connectivity index is 2.90. The van der Waals surface area contributed by atoms with Gasteiger partial charge in [0.2, 0.25) is 5.24 Å². The monoisotopic (exact) mass is 238 g/mol. The quantitative estimate of drug-likeness (QED) is 0.727. The van der Waals surface area contributed by atoms with Gasteiger partial charge < -0.3 is 0 Å². The van der Waals surface area contributed by atoms with E-state index in [1.807, 2.05) is 12.1 Å². The Hall–Kier alpha value is -0.820. The molecule has 16 heavy (non-hydrogen) atoms. The number of carbonyl (C=O) groups is 1. The molecule has 0 aliphatic heterocycles. The average molecular weight is 239 g/mol. The lowest BCUT2D eigenvalue weighted by Crippen LogP contribution is -2.24. The van der Waals surface area contributed by atoms with Gasteiger partial charge in [-0.3, -0.25) is 4.79 Å². The van der Waals surface area contributed by atoms with E-state index in [0.29, 0.717) is 12.3 Å². The molecule has 0 radical (unpaired) electrons. The first kappa shape index (κ1) is 13.2. The molecule has 0 saturated carbocycles. The van der Waals surface area contributed by atoms with E-state index >= 15 is 0 Å². The second-order valence-electron chi connectivity index (χ2n) is 5.11. The first-order valence-corrected chi connectivity index (χ1v) is 5.99. The second-order valence-corrected chi connectivity index (χ2v) is 5.53. The molecule has 0 aromatic heterocycles. The Morgan fingerprint density at radius 2 is 1.75 bits per heavy atom. The van der Waals surface area contributed by atoms with Crippen LogP contribution in [0.2, 0.25) is 0 Å². The lowest BCUT2D eigenvalue weighted by atomic mass is 9.75. The summed E-state index contributed by atoms with van der Waals surface area (Å²) in [7, 11) is 0. The van der Waals surface area contributed by atoms with Crippen molar-refractivity contribution in [3.8, 4) is 0 Å². The van der Waals surface area contributed by atoms with Crippen molar-refractivity contribution in [3.63, 3.8) is 0 Å². The Labute approximate surface area is 103 Å². The summed E-state index contributed by atoms with van der Waals surface area (Å²) >= 11 is 5.35. The highest BCUT2D eigenvalue weighted by atomic mass is 35.5. The Morgan fingerprint density at radius 3 is 2.12 bits per heavy atom. The van der Waals surface area contributed by atoms with Gasteiger partial charge in [-0.15, -0.1) is 0 Å². The van der Waals surface area contributed by atoms with Crippen molar-refractivity contribution in [1.82, 2.24) is 0 Å².